The summed E-state index contributed by atoms with van der Waals surface area (Å²) in [5.41, 5.74) is 0.695. The van der Waals surface area contributed by atoms with Gasteiger partial charge >= 0.3 is 0 Å². The van der Waals surface area contributed by atoms with Crippen LogP contribution in [0.5, 0.6) is 11.5 Å². The van der Waals surface area contributed by atoms with Gasteiger partial charge in [0, 0.05) is 29.9 Å². The summed E-state index contributed by atoms with van der Waals surface area (Å²) < 4.78 is 5.81. The third-order valence-corrected chi connectivity index (χ3v) is 4.00. The minimum atomic E-state index is -0.479. The quantitative estimate of drug-likeness (QED) is 0.406. The molecule has 3 heterocycles. The standard InChI is InChI=1S/C20H13N5O4/c26-20(24-19-3-1-2-9-22-19)17-7-5-14(12-23-17)29-18-8-10-21-16-6-4-13(25(27)28)11-15(16)18/h1-12H,(H,22,24,26). The smallest absolute Gasteiger partial charge is 0.275 e. The van der Waals surface area contributed by atoms with Crippen LogP contribution in [0.2, 0.25) is 0 Å². The SMILES string of the molecule is O=C(Nc1ccccn1)c1ccc(Oc2ccnc3ccc([N+](=O)[O-])cc23)cn1. The molecular weight excluding hydrogens is 374 g/mol. The van der Waals surface area contributed by atoms with Crippen molar-refractivity contribution in [3.05, 3.63) is 89.0 Å². The van der Waals surface area contributed by atoms with Gasteiger partial charge in [0.25, 0.3) is 11.6 Å². The number of hydrogen-bond donors (Lipinski definition) is 1. The van der Waals surface area contributed by atoms with Crippen molar-refractivity contribution in [1.82, 2.24) is 15.0 Å². The van der Waals surface area contributed by atoms with Crippen LogP contribution < -0.4 is 10.1 Å². The average Bonchev–Trinajstić information content (AvgIpc) is 2.75. The Labute approximate surface area is 164 Å². The normalized spacial score (nSPS) is 10.5. The summed E-state index contributed by atoms with van der Waals surface area (Å²) in [4.78, 5) is 35.1. The van der Waals surface area contributed by atoms with E-state index in [1.165, 1.54) is 24.4 Å². The van der Waals surface area contributed by atoms with Gasteiger partial charge in [0.15, 0.2) is 0 Å². The number of nitrogens with one attached hydrogen (secondary N) is 1. The Morgan fingerprint density at radius 2 is 1.90 bits per heavy atom. The topological polar surface area (TPSA) is 120 Å². The Balaban J connectivity index is 1.55. The predicted molar refractivity (Wildman–Crippen MR) is 105 cm³/mol. The van der Waals surface area contributed by atoms with Gasteiger partial charge in [-0.25, -0.2) is 9.97 Å². The van der Waals surface area contributed by atoms with Crippen LogP contribution in [-0.4, -0.2) is 25.8 Å². The Kier molecular flexibility index (Phi) is 4.77. The summed E-state index contributed by atoms with van der Waals surface area (Å²) >= 11 is 0. The second-order valence-electron chi connectivity index (χ2n) is 5.92. The fraction of sp³-hybridized carbons (Fsp3) is 0. The molecular formula is C20H13N5O4. The number of amides is 1. The van der Waals surface area contributed by atoms with Gasteiger partial charge in [-0.3, -0.25) is 19.9 Å². The molecule has 0 atom stereocenters. The van der Waals surface area contributed by atoms with Gasteiger partial charge in [0.1, 0.15) is 23.0 Å². The Morgan fingerprint density at radius 3 is 2.62 bits per heavy atom. The molecule has 9 nitrogen and oxygen atoms in total. The van der Waals surface area contributed by atoms with Crippen LogP contribution in [0, 0.1) is 10.1 Å². The van der Waals surface area contributed by atoms with Crippen LogP contribution in [0.3, 0.4) is 0 Å². The van der Waals surface area contributed by atoms with Gasteiger partial charge in [-0.15, -0.1) is 0 Å². The molecule has 29 heavy (non-hydrogen) atoms. The highest BCUT2D eigenvalue weighted by molar-refractivity contribution is 6.02. The zero-order valence-corrected chi connectivity index (χ0v) is 14.9. The molecule has 1 N–H and O–H groups in total. The van der Waals surface area contributed by atoms with Crippen LogP contribution >= 0.6 is 0 Å². The number of nitro benzene ring substituents is 1. The third kappa shape index (κ3) is 3.98. The Hall–Kier alpha value is -4.40. The van der Waals surface area contributed by atoms with E-state index in [1.807, 2.05) is 0 Å². The molecule has 0 fully saturated rings. The first-order valence-corrected chi connectivity index (χ1v) is 8.49. The van der Waals surface area contributed by atoms with Crippen LogP contribution in [0.15, 0.2) is 73.2 Å². The van der Waals surface area contributed by atoms with Gasteiger partial charge in [0.05, 0.1) is 16.6 Å². The van der Waals surface area contributed by atoms with E-state index in [4.69, 9.17) is 4.74 Å². The highest BCUT2D eigenvalue weighted by Crippen LogP contribution is 2.31. The number of nitrogens with zero attached hydrogens (tertiary/aromatic N) is 4. The first-order valence-electron chi connectivity index (χ1n) is 8.49. The van der Waals surface area contributed by atoms with Crippen molar-refractivity contribution in [2.75, 3.05) is 5.32 Å². The van der Waals surface area contributed by atoms with Crippen molar-refractivity contribution in [1.29, 1.82) is 0 Å². The van der Waals surface area contributed by atoms with Crippen molar-refractivity contribution < 1.29 is 14.5 Å². The molecule has 0 aliphatic carbocycles. The highest BCUT2D eigenvalue weighted by Gasteiger charge is 2.12. The monoisotopic (exact) mass is 387 g/mol. The maximum atomic E-state index is 12.2. The fourth-order valence-corrected chi connectivity index (χ4v) is 2.63. The van der Waals surface area contributed by atoms with Crippen LogP contribution in [0.4, 0.5) is 11.5 Å². The number of carbonyl (C=O) groups is 1. The maximum Gasteiger partial charge on any atom is 0.275 e. The molecule has 0 aliphatic heterocycles. The fourth-order valence-electron chi connectivity index (χ4n) is 2.63. The minimum Gasteiger partial charge on any atom is -0.455 e. The predicted octanol–water partition coefficient (Wildman–Crippen LogP) is 3.98. The lowest BCUT2D eigenvalue weighted by Crippen LogP contribution is -2.14. The molecule has 0 saturated carbocycles. The van der Waals surface area contributed by atoms with Gasteiger partial charge in [-0.2, -0.15) is 0 Å². The van der Waals surface area contributed by atoms with Crippen molar-refractivity contribution in [3.8, 4) is 11.5 Å². The van der Waals surface area contributed by atoms with E-state index in [0.717, 1.165) is 0 Å². The maximum absolute atomic E-state index is 12.2. The molecule has 0 bridgehead atoms. The summed E-state index contributed by atoms with van der Waals surface area (Å²) in [5.74, 6) is 0.786. The van der Waals surface area contributed by atoms with E-state index in [2.05, 4.69) is 20.3 Å². The lowest BCUT2D eigenvalue weighted by molar-refractivity contribution is -0.384. The zero-order valence-electron chi connectivity index (χ0n) is 14.9. The molecule has 1 amide bonds. The molecule has 3 aromatic heterocycles. The molecule has 0 radical (unpaired) electrons. The molecule has 142 valence electrons. The molecule has 9 heteroatoms. The molecule has 0 aliphatic rings. The number of anilines is 1. The molecule has 4 rings (SSSR count). The molecule has 0 unspecified atom stereocenters. The lowest BCUT2D eigenvalue weighted by Gasteiger charge is -2.09. The molecule has 0 saturated heterocycles. The number of benzene rings is 1. The number of nitro groups is 1. The van der Waals surface area contributed by atoms with Crippen LogP contribution in [0.1, 0.15) is 10.5 Å². The Bertz CT molecular complexity index is 1200. The number of rotatable bonds is 5. The van der Waals surface area contributed by atoms with Crippen molar-refractivity contribution in [2.24, 2.45) is 0 Å². The lowest BCUT2D eigenvalue weighted by atomic mass is 10.2. The number of aromatic nitrogens is 3. The number of carbonyl (C=O) groups excluding carboxylic acids is 1. The van der Waals surface area contributed by atoms with Crippen LogP contribution in [-0.2, 0) is 0 Å². The summed E-state index contributed by atoms with van der Waals surface area (Å²) in [6.07, 6.45) is 4.52. The van der Waals surface area contributed by atoms with E-state index < -0.39 is 10.8 Å². The first-order chi connectivity index (χ1) is 14.1. The third-order valence-electron chi connectivity index (χ3n) is 4.00. The highest BCUT2D eigenvalue weighted by atomic mass is 16.6. The zero-order chi connectivity index (χ0) is 20.2. The van der Waals surface area contributed by atoms with Gasteiger partial charge in [0.2, 0.25) is 0 Å². The van der Waals surface area contributed by atoms with E-state index in [9.17, 15) is 14.9 Å². The second kappa shape index (κ2) is 7.69. The molecule has 1 aromatic carbocycles. The van der Waals surface area contributed by atoms with Gasteiger partial charge in [-0.1, -0.05) is 6.07 Å². The number of hydrogen-bond acceptors (Lipinski definition) is 7. The number of pyridine rings is 3. The average molecular weight is 387 g/mol. The summed E-state index contributed by atoms with van der Waals surface area (Å²) in [7, 11) is 0. The Morgan fingerprint density at radius 1 is 1.00 bits per heavy atom. The summed E-state index contributed by atoms with van der Waals surface area (Å²) in [5, 5.41) is 14.2. The second-order valence-corrected chi connectivity index (χ2v) is 5.92. The number of non-ortho nitro benzene ring substituents is 1. The minimum absolute atomic E-state index is 0.0602. The van der Waals surface area contributed by atoms with Crippen molar-refractivity contribution >= 4 is 28.3 Å². The van der Waals surface area contributed by atoms with E-state index in [0.29, 0.717) is 28.2 Å². The molecule has 4 aromatic rings. The number of fused-ring (bicyclic) bond motifs is 1. The van der Waals surface area contributed by atoms with E-state index in [-0.39, 0.29) is 11.4 Å². The largest absolute Gasteiger partial charge is 0.455 e. The number of ether oxygens (including phenoxy) is 1. The van der Waals surface area contributed by atoms with E-state index >= 15 is 0 Å². The van der Waals surface area contributed by atoms with Crippen LogP contribution in [0.25, 0.3) is 10.9 Å². The first kappa shape index (κ1) is 18.0. The van der Waals surface area contributed by atoms with Gasteiger partial charge < -0.3 is 10.1 Å². The molecule has 0 spiro atoms. The van der Waals surface area contributed by atoms with Crippen molar-refractivity contribution in [2.45, 2.75) is 0 Å². The summed E-state index contributed by atoms with van der Waals surface area (Å²) in [6.45, 7) is 0. The summed E-state index contributed by atoms with van der Waals surface area (Å²) in [6, 6.07) is 14.2. The van der Waals surface area contributed by atoms with Crippen molar-refractivity contribution in [3.63, 3.8) is 0 Å². The van der Waals surface area contributed by atoms with Gasteiger partial charge in [-0.05, 0) is 36.4 Å². The van der Waals surface area contributed by atoms with E-state index in [1.54, 1.807) is 48.8 Å².